The number of amides is 1. The van der Waals surface area contributed by atoms with E-state index < -0.39 is 0 Å². The molecule has 0 aliphatic rings. The van der Waals surface area contributed by atoms with E-state index in [2.05, 4.69) is 15.9 Å². The van der Waals surface area contributed by atoms with Crippen molar-refractivity contribution in [1.82, 2.24) is 4.90 Å². The van der Waals surface area contributed by atoms with Crippen LogP contribution in [0.1, 0.15) is 11.6 Å². The van der Waals surface area contributed by atoms with Crippen molar-refractivity contribution in [2.75, 3.05) is 20.1 Å². The van der Waals surface area contributed by atoms with Crippen LogP contribution in [0.2, 0.25) is 0 Å². The van der Waals surface area contributed by atoms with Gasteiger partial charge in [0.2, 0.25) is 5.91 Å². The molecule has 0 aliphatic heterocycles. The van der Waals surface area contributed by atoms with Gasteiger partial charge in [0.1, 0.15) is 0 Å². The number of nitrogens with zero attached hydrogens (tertiary/aromatic N) is 1. The fraction of sp³-hybridized carbons (Fsp3) is 0.364. The third-order valence-corrected chi connectivity index (χ3v) is 2.89. The second-order valence-corrected chi connectivity index (χ2v) is 4.60. The first-order chi connectivity index (χ1) is 7.54. The number of rotatable bonds is 5. The van der Waals surface area contributed by atoms with Crippen LogP contribution in [0.3, 0.4) is 0 Å². The first-order valence-electron chi connectivity index (χ1n) is 4.98. The molecule has 4 nitrogen and oxygen atoms in total. The van der Waals surface area contributed by atoms with Crippen molar-refractivity contribution in [3.05, 3.63) is 34.3 Å². The van der Waals surface area contributed by atoms with Crippen molar-refractivity contribution in [3.8, 4) is 0 Å². The second kappa shape index (κ2) is 5.98. The lowest BCUT2D eigenvalue weighted by molar-refractivity contribution is -0.119. The smallest absolute Gasteiger partial charge is 0.231 e. The lowest BCUT2D eigenvalue weighted by atomic mass is 10.1. The highest BCUT2D eigenvalue weighted by atomic mass is 79.9. The van der Waals surface area contributed by atoms with Gasteiger partial charge in [0.05, 0.1) is 6.54 Å². The van der Waals surface area contributed by atoms with Crippen LogP contribution in [-0.2, 0) is 4.79 Å². The third-order valence-electron chi connectivity index (χ3n) is 2.39. The Labute approximate surface area is 104 Å². The summed E-state index contributed by atoms with van der Waals surface area (Å²) >= 11 is 3.41. The Hall–Kier alpha value is -0.910. The zero-order chi connectivity index (χ0) is 12.1. The van der Waals surface area contributed by atoms with Gasteiger partial charge in [-0.3, -0.25) is 9.69 Å². The summed E-state index contributed by atoms with van der Waals surface area (Å²) < 4.78 is 0.996. The molecule has 0 bridgehead atoms. The molecular formula is C11H16BrN3O. The van der Waals surface area contributed by atoms with Crippen molar-refractivity contribution < 1.29 is 4.79 Å². The number of halogens is 1. The standard InChI is InChI=1S/C11H16BrN3O/c1-15(7-11(14)16)10(6-13)8-3-2-4-9(12)5-8/h2-5,10H,6-7,13H2,1H3,(H2,14,16). The molecule has 0 radical (unpaired) electrons. The lowest BCUT2D eigenvalue weighted by Crippen LogP contribution is -2.37. The number of carbonyl (C=O) groups excluding carboxylic acids is 1. The maximum Gasteiger partial charge on any atom is 0.231 e. The summed E-state index contributed by atoms with van der Waals surface area (Å²) in [5.74, 6) is -0.351. The van der Waals surface area contributed by atoms with Crippen molar-refractivity contribution in [3.63, 3.8) is 0 Å². The molecule has 0 heterocycles. The van der Waals surface area contributed by atoms with E-state index >= 15 is 0 Å². The maximum atomic E-state index is 10.9. The predicted molar refractivity (Wildman–Crippen MR) is 67.8 cm³/mol. The van der Waals surface area contributed by atoms with E-state index in [1.165, 1.54) is 0 Å². The van der Waals surface area contributed by atoms with E-state index in [9.17, 15) is 4.79 Å². The predicted octanol–water partition coefficient (Wildman–Crippen LogP) is 0.866. The van der Waals surface area contributed by atoms with E-state index in [-0.39, 0.29) is 18.5 Å². The summed E-state index contributed by atoms with van der Waals surface area (Å²) in [4.78, 5) is 12.7. The molecule has 0 aliphatic carbocycles. The minimum Gasteiger partial charge on any atom is -0.369 e. The molecule has 16 heavy (non-hydrogen) atoms. The molecular weight excluding hydrogens is 270 g/mol. The van der Waals surface area contributed by atoms with Crippen LogP contribution in [0.15, 0.2) is 28.7 Å². The zero-order valence-electron chi connectivity index (χ0n) is 9.19. The molecule has 1 amide bonds. The molecule has 88 valence electrons. The van der Waals surface area contributed by atoms with Crippen LogP contribution < -0.4 is 11.5 Å². The quantitative estimate of drug-likeness (QED) is 0.843. The first kappa shape index (κ1) is 13.2. The Morgan fingerprint density at radius 2 is 2.25 bits per heavy atom. The summed E-state index contributed by atoms with van der Waals surface area (Å²) in [6.45, 7) is 0.647. The van der Waals surface area contributed by atoms with Gasteiger partial charge >= 0.3 is 0 Å². The molecule has 1 aromatic rings. The van der Waals surface area contributed by atoms with Crippen molar-refractivity contribution in [2.45, 2.75) is 6.04 Å². The number of primary amides is 1. The molecule has 5 heteroatoms. The van der Waals surface area contributed by atoms with Gasteiger partial charge in [-0.15, -0.1) is 0 Å². The lowest BCUT2D eigenvalue weighted by Gasteiger charge is -2.26. The van der Waals surface area contributed by atoms with Crippen LogP contribution in [0, 0.1) is 0 Å². The Morgan fingerprint density at radius 1 is 1.56 bits per heavy atom. The summed E-state index contributed by atoms with van der Waals surface area (Å²) in [6, 6.07) is 7.88. The SMILES string of the molecule is CN(CC(N)=O)C(CN)c1cccc(Br)c1. The number of carbonyl (C=O) groups is 1. The molecule has 0 spiro atoms. The summed E-state index contributed by atoms with van der Waals surface area (Å²) in [5.41, 5.74) is 12.0. The maximum absolute atomic E-state index is 10.9. The fourth-order valence-electron chi connectivity index (χ4n) is 1.64. The molecule has 0 saturated carbocycles. The van der Waals surface area contributed by atoms with Crippen LogP contribution in [0.5, 0.6) is 0 Å². The highest BCUT2D eigenvalue weighted by Crippen LogP contribution is 2.21. The number of hydrogen-bond acceptors (Lipinski definition) is 3. The van der Waals surface area contributed by atoms with Gasteiger partial charge in [0.15, 0.2) is 0 Å². The number of benzene rings is 1. The van der Waals surface area contributed by atoms with Crippen LogP contribution in [-0.4, -0.2) is 30.9 Å². The summed E-state index contributed by atoms with van der Waals surface area (Å²) in [5, 5.41) is 0. The van der Waals surface area contributed by atoms with E-state index in [4.69, 9.17) is 11.5 Å². The third kappa shape index (κ3) is 3.59. The van der Waals surface area contributed by atoms with Crippen molar-refractivity contribution >= 4 is 21.8 Å². The molecule has 1 rings (SSSR count). The van der Waals surface area contributed by atoms with E-state index in [0.717, 1.165) is 10.0 Å². The molecule has 0 aromatic heterocycles. The van der Waals surface area contributed by atoms with Gasteiger partial charge in [-0.2, -0.15) is 0 Å². The minimum atomic E-state index is -0.351. The number of nitrogens with two attached hydrogens (primary N) is 2. The average molecular weight is 286 g/mol. The zero-order valence-corrected chi connectivity index (χ0v) is 10.8. The number of likely N-dealkylation sites (N-methyl/N-ethyl adjacent to an activating group) is 1. The topological polar surface area (TPSA) is 72.3 Å². The monoisotopic (exact) mass is 285 g/mol. The molecule has 0 saturated heterocycles. The highest BCUT2D eigenvalue weighted by molar-refractivity contribution is 9.10. The largest absolute Gasteiger partial charge is 0.369 e. The molecule has 0 fully saturated rings. The van der Waals surface area contributed by atoms with E-state index in [0.29, 0.717) is 6.54 Å². The summed E-state index contributed by atoms with van der Waals surface area (Å²) in [7, 11) is 1.84. The molecule has 4 N–H and O–H groups in total. The fourth-order valence-corrected chi connectivity index (χ4v) is 2.06. The van der Waals surface area contributed by atoms with Gasteiger partial charge in [-0.1, -0.05) is 28.1 Å². The Kier molecular flexibility index (Phi) is 4.92. The minimum absolute atomic E-state index is 0.00463. The Morgan fingerprint density at radius 3 is 2.75 bits per heavy atom. The number of hydrogen-bond donors (Lipinski definition) is 2. The van der Waals surface area contributed by atoms with Gasteiger partial charge < -0.3 is 11.5 Å². The molecule has 1 aromatic carbocycles. The highest BCUT2D eigenvalue weighted by Gasteiger charge is 2.16. The summed E-state index contributed by atoms with van der Waals surface area (Å²) in [6.07, 6.45) is 0. The first-order valence-corrected chi connectivity index (χ1v) is 5.78. The van der Waals surface area contributed by atoms with Gasteiger partial charge in [-0.25, -0.2) is 0 Å². The normalized spacial score (nSPS) is 12.8. The van der Waals surface area contributed by atoms with Crippen molar-refractivity contribution in [2.24, 2.45) is 11.5 Å². The van der Waals surface area contributed by atoms with E-state index in [1.807, 2.05) is 36.2 Å². The van der Waals surface area contributed by atoms with E-state index in [1.54, 1.807) is 0 Å². The Balaban J connectivity index is 2.85. The molecule has 1 unspecified atom stereocenters. The van der Waals surface area contributed by atoms with Crippen LogP contribution in [0.4, 0.5) is 0 Å². The van der Waals surface area contributed by atoms with Gasteiger partial charge in [-0.05, 0) is 24.7 Å². The van der Waals surface area contributed by atoms with Crippen molar-refractivity contribution in [1.29, 1.82) is 0 Å². The Bertz CT molecular complexity index is 370. The van der Waals surface area contributed by atoms with Crippen LogP contribution >= 0.6 is 15.9 Å². The average Bonchev–Trinajstić information content (AvgIpc) is 2.17. The van der Waals surface area contributed by atoms with Gasteiger partial charge in [0.25, 0.3) is 0 Å². The van der Waals surface area contributed by atoms with Crippen LogP contribution in [0.25, 0.3) is 0 Å². The second-order valence-electron chi connectivity index (χ2n) is 3.69. The molecule has 1 atom stereocenters. The van der Waals surface area contributed by atoms with Gasteiger partial charge in [0, 0.05) is 17.1 Å².